The summed E-state index contributed by atoms with van der Waals surface area (Å²) < 4.78 is 0. The van der Waals surface area contributed by atoms with E-state index in [9.17, 15) is 9.90 Å². The lowest BCUT2D eigenvalue weighted by Crippen LogP contribution is -2.23. The van der Waals surface area contributed by atoms with E-state index in [0.29, 0.717) is 6.54 Å². The highest BCUT2D eigenvalue weighted by atomic mass is 32.1. The van der Waals surface area contributed by atoms with Crippen LogP contribution in [-0.4, -0.2) is 21.0 Å². The number of aryl methyl sites for hydroxylation is 3. The summed E-state index contributed by atoms with van der Waals surface area (Å²) in [5.41, 5.74) is 1.77. The molecule has 19 heavy (non-hydrogen) atoms. The summed E-state index contributed by atoms with van der Waals surface area (Å²) in [6, 6.07) is 1.52. The maximum Gasteiger partial charge on any atom is 0.274 e. The molecule has 2 rings (SSSR count). The molecule has 0 aliphatic heterocycles. The molecular formula is C13H15N3O2S. The highest BCUT2D eigenvalue weighted by Gasteiger charge is 2.14. The Hall–Kier alpha value is -1.95. The Bertz CT molecular complexity index is 622. The summed E-state index contributed by atoms with van der Waals surface area (Å²) >= 11 is 1.55. The van der Waals surface area contributed by atoms with Crippen LogP contribution in [0.2, 0.25) is 0 Å². The van der Waals surface area contributed by atoms with Crippen LogP contribution in [0.1, 0.15) is 31.6 Å². The maximum absolute atomic E-state index is 11.9. The quantitative estimate of drug-likeness (QED) is 0.901. The third-order valence-electron chi connectivity index (χ3n) is 2.63. The number of aromatic hydroxyl groups is 1. The van der Waals surface area contributed by atoms with Crippen LogP contribution in [0.15, 0.2) is 12.3 Å². The van der Waals surface area contributed by atoms with Gasteiger partial charge in [-0.2, -0.15) is 0 Å². The van der Waals surface area contributed by atoms with Crippen molar-refractivity contribution < 1.29 is 9.90 Å². The first-order chi connectivity index (χ1) is 8.97. The Morgan fingerprint density at radius 2 is 2.16 bits per heavy atom. The molecule has 0 fully saturated rings. The van der Waals surface area contributed by atoms with Gasteiger partial charge >= 0.3 is 0 Å². The number of aromatic nitrogens is 2. The predicted octanol–water partition coefficient (Wildman–Crippen LogP) is 2.10. The van der Waals surface area contributed by atoms with Crippen LogP contribution in [0.3, 0.4) is 0 Å². The van der Waals surface area contributed by atoms with Gasteiger partial charge in [-0.15, -0.1) is 11.3 Å². The van der Waals surface area contributed by atoms with Gasteiger partial charge in [0.05, 0.1) is 17.2 Å². The predicted molar refractivity (Wildman–Crippen MR) is 73.4 cm³/mol. The monoisotopic (exact) mass is 277 g/mol. The number of thiazole rings is 1. The second-order valence-corrected chi connectivity index (χ2v) is 5.59. The first-order valence-electron chi connectivity index (χ1n) is 5.84. The van der Waals surface area contributed by atoms with E-state index in [2.05, 4.69) is 15.3 Å². The summed E-state index contributed by atoms with van der Waals surface area (Å²) in [6.07, 6.45) is 1.55. The number of pyridine rings is 1. The van der Waals surface area contributed by atoms with Crippen molar-refractivity contribution in [2.45, 2.75) is 27.3 Å². The molecule has 0 unspecified atom stereocenters. The molecule has 0 saturated heterocycles. The lowest BCUT2D eigenvalue weighted by molar-refractivity contribution is 0.0943. The number of carbonyl (C=O) groups excluding carboxylic acids is 1. The van der Waals surface area contributed by atoms with Gasteiger partial charge in [-0.3, -0.25) is 4.79 Å². The Morgan fingerprint density at radius 3 is 2.74 bits per heavy atom. The van der Waals surface area contributed by atoms with Gasteiger partial charge in [0.1, 0.15) is 5.75 Å². The maximum atomic E-state index is 11.9. The van der Waals surface area contributed by atoms with Crippen LogP contribution in [0.25, 0.3) is 0 Å². The third-order valence-corrected chi connectivity index (χ3v) is 3.70. The second-order valence-electron chi connectivity index (χ2n) is 4.30. The van der Waals surface area contributed by atoms with E-state index in [1.807, 2.05) is 13.8 Å². The van der Waals surface area contributed by atoms with Crippen molar-refractivity contribution in [1.82, 2.24) is 15.3 Å². The fourth-order valence-electron chi connectivity index (χ4n) is 1.71. The van der Waals surface area contributed by atoms with Crippen molar-refractivity contribution in [1.29, 1.82) is 0 Å². The number of carbonyl (C=O) groups is 1. The molecule has 0 spiro atoms. The van der Waals surface area contributed by atoms with Crippen LogP contribution in [-0.2, 0) is 6.54 Å². The van der Waals surface area contributed by atoms with Crippen molar-refractivity contribution >= 4 is 17.2 Å². The van der Waals surface area contributed by atoms with Crippen molar-refractivity contribution in [2.24, 2.45) is 0 Å². The van der Waals surface area contributed by atoms with Crippen molar-refractivity contribution in [3.05, 3.63) is 39.1 Å². The molecule has 0 aromatic carbocycles. The zero-order chi connectivity index (χ0) is 14.0. The summed E-state index contributed by atoms with van der Waals surface area (Å²) in [7, 11) is 0. The molecule has 2 aromatic rings. The van der Waals surface area contributed by atoms with Gasteiger partial charge in [-0.25, -0.2) is 9.97 Å². The molecule has 0 aliphatic rings. The zero-order valence-electron chi connectivity index (χ0n) is 11.0. The van der Waals surface area contributed by atoms with E-state index in [0.717, 1.165) is 21.1 Å². The standard InChI is InChI=1S/C13H15N3O2S/c1-7-4-10(17)12(14-5-7)13(18)15-6-11-8(2)16-9(3)19-11/h4-5,17H,6H2,1-3H3,(H,15,18). The van der Waals surface area contributed by atoms with Gasteiger partial charge in [0.25, 0.3) is 5.91 Å². The molecule has 0 saturated carbocycles. The molecule has 100 valence electrons. The zero-order valence-corrected chi connectivity index (χ0v) is 11.8. The van der Waals surface area contributed by atoms with Gasteiger partial charge in [0.15, 0.2) is 5.69 Å². The highest BCUT2D eigenvalue weighted by molar-refractivity contribution is 7.11. The molecule has 0 radical (unpaired) electrons. The van der Waals surface area contributed by atoms with Crippen LogP contribution >= 0.6 is 11.3 Å². The molecule has 2 N–H and O–H groups in total. The molecule has 5 nitrogen and oxygen atoms in total. The average molecular weight is 277 g/mol. The summed E-state index contributed by atoms with van der Waals surface area (Å²) in [6.45, 7) is 6.03. The first-order valence-corrected chi connectivity index (χ1v) is 6.65. The number of nitrogens with zero attached hydrogens (tertiary/aromatic N) is 2. The average Bonchev–Trinajstić information content (AvgIpc) is 2.65. The van der Waals surface area contributed by atoms with Crippen molar-refractivity contribution in [3.8, 4) is 5.75 Å². The summed E-state index contributed by atoms with van der Waals surface area (Å²) in [5.74, 6) is -0.488. The molecule has 2 heterocycles. The van der Waals surface area contributed by atoms with Crippen LogP contribution in [0.5, 0.6) is 5.75 Å². The summed E-state index contributed by atoms with van der Waals surface area (Å²) in [5, 5.41) is 13.4. The van der Waals surface area contributed by atoms with E-state index in [1.54, 1.807) is 24.5 Å². The van der Waals surface area contributed by atoms with E-state index >= 15 is 0 Å². The van der Waals surface area contributed by atoms with E-state index < -0.39 is 0 Å². The molecule has 0 aliphatic carbocycles. The molecule has 6 heteroatoms. The van der Waals surface area contributed by atoms with Crippen molar-refractivity contribution in [3.63, 3.8) is 0 Å². The van der Waals surface area contributed by atoms with E-state index in [1.165, 1.54) is 6.07 Å². The van der Waals surface area contributed by atoms with Gasteiger partial charge in [-0.1, -0.05) is 0 Å². The largest absolute Gasteiger partial charge is 0.505 e. The Kier molecular flexibility index (Phi) is 3.80. The minimum absolute atomic E-state index is 0.0458. The van der Waals surface area contributed by atoms with Gasteiger partial charge in [0, 0.05) is 11.1 Å². The third kappa shape index (κ3) is 3.08. The van der Waals surface area contributed by atoms with E-state index in [4.69, 9.17) is 0 Å². The molecular weight excluding hydrogens is 262 g/mol. The first kappa shape index (κ1) is 13.5. The van der Waals surface area contributed by atoms with Crippen LogP contribution in [0, 0.1) is 20.8 Å². The molecule has 1 amide bonds. The lowest BCUT2D eigenvalue weighted by atomic mass is 10.2. The minimum Gasteiger partial charge on any atom is -0.505 e. The molecule has 0 bridgehead atoms. The van der Waals surface area contributed by atoms with Gasteiger partial charge < -0.3 is 10.4 Å². The second kappa shape index (κ2) is 5.36. The fraction of sp³-hybridized carbons (Fsp3) is 0.308. The van der Waals surface area contributed by atoms with Crippen LogP contribution < -0.4 is 5.32 Å². The summed E-state index contributed by atoms with van der Waals surface area (Å²) in [4.78, 5) is 21.2. The lowest BCUT2D eigenvalue weighted by Gasteiger charge is -2.05. The van der Waals surface area contributed by atoms with Gasteiger partial charge in [-0.05, 0) is 32.4 Å². The number of nitrogens with one attached hydrogen (secondary N) is 1. The van der Waals surface area contributed by atoms with Crippen molar-refractivity contribution in [2.75, 3.05) is 0 Å². The minimum atomic E-state index is -0.386. The SMILES string of the molecule is Cc1cnc(C(=O)NCc2sc(C)nc2C)c(O)c1. The number of hydrogen-bond donors (Lipinski definition) is 2. The normalized spacial score (nSPS) is 10.5. The smallest absolute Gasteiger partial charge is 0.274 e. The van der Waals surface area contributed by atoms with Crippen LogP contribution in [0.4, 0.5) is 0 Å². The highest BCUT2D eigenvalue weighted by Crippen LogP contribution is 2.18. The number of rotatable bonds is 3. The van der Waals surface area contributed by atoms with E-state index in [-0.39, 0.29) is 17.4 Å². The number of amides is 1. The fourth-order valence-corrected chi connectivity index (χ4v) is 2.59. The van der Waals surface area contributed by atoms with Gasteiger partial charge in [0.2, 0.25) is 0 Å². The molecule has 2 aromatic heterocycles. The Balaban J connectivity index is 2.07. The number of hydrogen-bond acceptors (Lipinski definition) is 5. The Morgan fingerprint density at radius 1 is 1.42 bits per heavy atom. The Labute approximate surface area is 115 Å². The molecule has 0 atom stereocenters. The topological polar surface area (TPSA) is 75.1 Å².